The summed E-state index contributed by atoms with van der Waals surface area (Å²) >= 11 is 0. The maximum absolute atomic E-state index is 11.2. The van der Waals surface area contributed by atoms with E-state index >= 15 is 0 Å². The standard InChI is InChI=1S/C56H56N6O2/c1-9-11-29-63-41-21-13-35(14-22-41)51-49-50(54(61-51)44(34-58)48-26-18-38-32-40(56(6,7)8)20-28-46(38)60-48)52(36-15-23-42(24-16-36)64-30-12-10-2)62-53(49)43(33-57)47-25-17-37-31-39(55(3,4)5)19-27-45(37)59-47/h13-28,31-32,61-62H,9-12,29-30H2,1-8H3/b53-43-,54-44-. The van der Waals surface area contributed by atoms with Crippen molar-refractivity contribution >= 4 is 43.7 Å². The first-order chi connectivity index (χ1) is 30.8. The number of H-pyrrole nitrogens is 2. The molecule has 0 fully saturated rings. The fourth-order valence-electron chi connectivity index (χ4n) is 8.11. The molecule has 0 aliphatic rings. The highest BCUT2D eigenvalue weighted by molar-refractivity contribution is 6.08. The summed E-state index contributed by atoms with van der Waals surface area (Å²) in [4.78, 5) is 17.7. The van der Waals surface area contributed by atoms with Gasteiger partial charge in [0, 0.05) is 21.5 Å². The van der Waals surface area contributed by atoms with Crippen LogP contribution in [0.25, 0.3) is 66.2 Å². The van der Waals surface area contributed by atoms with Gasteiger partial charge in [-0.3, -0.25) is 0 Å². The van der Waals surface area contributed by atoms with Crippen LogP contribution in [0.1, 0.15) is 104 Å². The Kier molecular flexibility index (Phi) is 12.2. The lowest BCUT2D eigenvalue weighted by atomic mass is 9.86. The number of nitrogens with zero attached hydrogens (tertiary/aromatic N) is 4. The van der Waals surface area contributed by atoms with Gasteiger partial charge in [0.2, 0.25) is 0 Å². The van der Waals surface area contributed by atoms with Gasteiger partial charge in [-0.2, -0.15) is 10.5 Å². The van der Waals surface area contributed by atoms with Gasteiger partial charge in [0.15, 0.2) is 0 Å². The van der Waals surface area contributed by atoms with Gasteiger partial charge in [0.1, 0.15) is 34.8 Å². The van der Waals surface area contributed by atoms with Crippen molar-refractivity contribution < 1.29 is 9.47 Å². The first-order valence-electron chi connectivity index (χ1n) is 22.4. The van der Waals surface area contributed by atoms with E-state index in [0.29, 0.717) is 46.4 Å². The average Bonchev–Trinajstić information content (AvgIpc) is 3.86. The lowest BCUT2D eigenvalue weighted by Gasteiger charge is -2.19. The van der Waals surface area contributed by atoms with Crippen molar-refractivity contribution in [2.24, 2.45) is 0 Å². The number of pyridine rings is 2. The molecule has 2 N–H and O–H groups in total. The molecule has 4 aromatic carbocycles. The Bertz CT molecular complexity index is 3000. The molecule has 4 aromatic heterocycles. The van der Waals surface area contributed by atoms with Gasteiger partial charge in [-0.1, -0.05) is 92.5 Å². The average molecular weight is 845 g/mol. The Hall–Kier alpha value is -7.16. The summed E-state index contributed by atoms with van der Waals surface area (Å²) in [7, 11) is 0. The SMILES string of the molecule is CCCCOc1ccc(-c2[nH]/c(=C(/C#N)c3ccc4cc(C(C)(C)C)ccc4n3)c3c(-c4ccc(OCCCC)cc4)[nH]/c(=C(/C#N)c4ccc5cc(C(C)(C)C)ccc5n4)c23)cc1. The van der Waals surface area contributed by atoms with Gasteiger partial charge in [-0.15, -0.1) is 0 Å². The number of benzene rings is 4. The molecule has 0 amide bonds. The van der Waals surface area contributed by atoms with Crippen molar-refractivity contribution in [1.82, 2.24) is 19.9 Å². The molecule has 0 aliphatic carbocycles. The fraction of sp³-hybridized carbons (Fsp3) is 0.286. The van der Waals surface area contributed by atoms with Crippen LogP contribution in [0, 0.1) is 22.7 Å². The molecular weight excluding hydrogens is 789 g/mol. The number of fused-ring (bicyclic) bond motifs is 3. The van der Waals surface area contributed by atoms with Crippen LogP contribution < -0.4 is 20.2 Å². The monoisotopic (exact) mass is 844 g/mol. The van der Waals surface area contributed by atoms with Crippen LogP contribution >= 0.6 is 0 Å². The molecule has 0 unspecified atom stereocenters. The van der Waals surface area contributed by atoms with Crippen molar-refractivity contribution in [2.45, 2.75) is 91.9 Å². The number of unbranched alkanes of at least 4 members (excludes halogenated alkanes) is 2. The third-order valence-corrected chi connectivity index (χ3v) is 11.9. The number of aromatic amines is 2. The van der Waals surface area contributed by atoms with Crippen molar-refractivity contribution in [3.63, 3.8) is 0 Å². The Labute approximate surface area is 375 Å². The summed E-state index contributed by atoms with van der Waals surface area (Å²) in [5.41, 5.74) is 9.01. The van der Waals surface area contributed by atoms with E-state index in [0.717, 1.165) is 92.3 Å². The zero-order valence-electron chi connectivity index (χ0n) is 38.2. The van der Waals surface area contributed by atoms with Gasteiger partial charge in [-0.05, 0) is 131 Å². The smallest absolute Gasteiger partial charge is 0.119 e. The normalized spacial score (nSPS) is 12.9. The minimum Gasteiger partial charge on any atom is -0.494 e. The van der Waals surface area contributed by atoms with E-state index in [1.54, 1.807) is 0 Å². The van der Waals surface area contributed by atoms with Crippen molar-refractivity contribution in [3.8, 4) is 46.2 Å². The molecule has 0 spiro atoms. The number of nitrogens with one attached hydrogen (secondary N) is 2. The molecule has 4 heterocycles. The maximum Gasteiger partial charge on any atom is 0.119 e. The second-order valence-electron chi connectivity index (χ2n) is 18.6. The molecule has 0 saturated heterocycles. The molecule has 8 heteroatoms. The lowest BCUT2D eigenvalue weighted by molar-refractivity contribution is 0.309. The number of ether oxygens (including phenoxy) is 2. The van der Waals surface area contributed by atoms with Gasteiger partial charge >= 0.3 is 0 Å². The van der Waals surface area contributed by atoms with E-state index in [9.17, 15) is 10.5 Å². The number of nitriles is 2. The predicted molar refractivity (Wildman–Crippen MR) is 261 cm³/mol. The van der Waals surface area contributed by atoms with Gasteiger partial charge in [0.25, 0.3) is 0 Å². The quantitative estimate of drug-likeness (QED) is 0.118. The summed E-state index contributed by atoms with van der Waals surface area (Å²) < 4.78 is 12.1. The number of aromatic nitrogens is 4. The molecule has 322 valence electrons. The van der Waals surface area contributed by atoms with Gasteiger partial charge in [0.05, 0.1) is 57.7 Å². The van der Waals surface area contributed by atoms with Crippen LogP contribution in [0.3, 0.4) is 0 Å². The summed E-state index contributed by atoms with van der Waals surface area (Å²) in [6.45, 7) is 18.7. The van der Waals surface area contributed by atoms with E-state index < -0.39 is 0 Å². The second kappa shape index (κ2) is 17.9. The van der Waals surface area contributed by atoms with Gasteiger partial charge < -0.3 is 19.4 Å². The molecule has 8 aromatic rings. The van der Waals surface area contributed by atoms with E-state index in [2.05, 4.69) is 102 Å². The molecule has 0 atom stereocenters. The number of hydrogen-bond donors (Lipinski definition) is 2. The molecule has 0 radical (unpaired) electrons. The Morgan fingerprint density at radius 1 is 0.531 bits per heavy atom. The third-order valence-electron chi connectivity index (χ3n) is 11.9. The van der Waals surface area contributed by atoms with E-state index in [1.807, 2.05) is 84.9 Å². The molecule has 0 aliphatic heterocycles. The van der Waals surface area contributed by atoms with Crippen LogP contribution in [0.5, 0.6) is 11.5 Å². The maximum atomic E-state index is 11.2. The van der Waals surface area contributed by atoms with Crippen LogP contribution in [0.4, 0.5) is 0 Å². The van der Waals surface area contributed by atoms with Crippen LogP contribution in [0.15, 0.2) is 109 Å². The fourth-order valence-corrected chi connectivity index (χ4v) is 8.11. The molecule has 8 rings (SSSR count). The topological polar surface area (TPSA) is 123 Å². The second-order valence-corrected chi connectivity index (χ2v) is 18.6. The highest BCUT2D eigenvalue weighted by Crippen LogP contribution is 2.34. The van der Waals surface area contributed by atoms with Gasteiger partial charge in [-0.25, -0.2) is 9.97 Å². The molecule has 0 bridgehead atoms. The summed E-state index contributed by atoms with van der Waals surface area (Å²) in [5.74, 6) is 1.55. The summed E-state index contributed by atoms with van der Waals surface area (Å²) in [6, 6.07) is 41.7. The third kappa shape index (κ3) is 8.74. The van der Waals surface area contributed by atoms with Crippen LogP contribution in [-0.2, 0) is 10.8 Å². The zero-order valence-corrected chi connectivity index (χ0v) is 38.2. The van der Waals surface area contributed by atoms with Crippen LogP contribution in [0.2, 0.25) is 0 Å². The highest BCUT2D eigenvalue weighted by Gasteiger charge is 2.24. The summed E-state index contributed by atoms with van der Waals surface area (Å²) in [5, 5.41) is 27.1. The molecule has 8 nitrogen and oxygen atoms in total. The lowest BCUT2D eigenvalue weighted by Crippen LogP contribution is -2.12. The minimum atomic E-state index is -0.0252. The minimum absolute atomic E-state index is 0.0252. The molecular formula is C56H56N6O2. The first-order valence-corrected chi connectivity index (χ1v) is 22.4. The Balaban J connectivity index is 1.45. The number of hydrogen-bond acceptors (Lipinski definition) is 6. The molecule has 64 heavy (non-hydrogen) atoms. The Morgan fingerprint density at radius 2 is 0.922 bits per heavy atom. The van der Waals surface area contributed by atoms with Crippen molar-refractivity contribution in [1.29, 1.82) is 10.5 Å². The van der Waals surface area contributed by atoms with Crippen LogP contribution in [-0.4, -0.2) is 33.1 Å². The summed E-state index contributed by atoms with van der Waals surface area (Å²) in [6.07, 6.45) is 4.00. The van der Waals surface area contributed by atoms with E-state index in [4.69, 9.17) is 19.4 Å². The highest BCUT2D eigenvalue weighted by atomic mass is 16.5. The first kappa shape index (κ1) is 43.5. The largest absolute Gasteiger partial charge is 0.494 e. The van der Waals surface area contributed by atoms with Crippen molar-refractivity contribution in [2.75, 3.05) is 13.2 Å². The van der Waals surface area contributed by atoms with E-state index in [-0.39, 0.29) is 10.8 Å². The zero-order chi connectivity index (χ0) is 45.2. The number of rotatable bonds is 12. The Morgan fingerprint density at radius 3 is 1.27 bits per heavy atom. The molecule has 0 saturated carbocycles. The van der Waals surface area contributed by atoms with E-state index in [1.165, 1.54) is 11.1 Å². The predicted octanol–water partition coefficient (Wildman–Crippen LogP) is 12.3. The van der Waals surface area contributed by atoms with Crippen molar-refractivity contribution in [3.05, 3.63) is 142 Å².